The van der Waals surface area contributed by atoms with Gasteiger partial charge >= 0.3 is 5.97 Å². The Morgan fingerprint density at radius 3 is 2.27 bits per heavy atom. The quantitative estimate of drug-likeness (QED) is 0.699. The monoisotopic (exact) mass is 357 g/mol. The number of para-hydroxylation sites is 2. The van der Waals surface area contributed by atoms with Crippen molar-refractivity contribution in [2.24, 2.45) is 0 Å². The lowest BCUT2D eigenvalue weighted by Gasteiger charge is -2.11. The van der Waals surface area contributed by atoms with Crippen LogP contribution < -0.4 is 14.8 Å². The van der Waals surface area contributed by atoms with Gasteiger partial charge in [0.05, 0.1) is 6.61 Å². The lowest BCUT2D eigenvalue weighted by Crippen LogP contribution is -2.29. The van der Waals surface area contributed by atoms with Gasteiger partial charge < -0.3 is 19.5 Å². The summed E-state index contributed by atoms with van der Waals surface area (Å²) in [4.78, 5) is 23.5. The average Bonchev–Trinajstić information content (AvgIpc) is 2.65. The van der Waals surface area contributed by atoms with Crippen LogP contribution in [0, 0.1) is 6.92 Å². The first-order chi connectivity index (χ1) is 12.6. The molecule has 0 aliphatic heterocycles. The molecular weight excluding hydrogens is 334 g/mol. The Labute approximate surface area is 153 Å². The summed E-state index contributed by atoms with van der Waals surface area (Å²) in [6.45, 7) is 4.07. The zero-order valence-corrected chi connectivity index (χ0v) is 15.0. The zero-order valence-electron chi connectivity index (χ0n) is 15.0. The number of amides is 1. The molecule has 0 spiro atoms. The van der Waals surface area contributed by atoms with Gasteiger partial charge in [0.1, 0.15) is 0 Å². The Hall–Kier alpha value is -3.02. The van der Waals surface area contributed by atoms with Crippen molar-refractivity contribution in [3.63, 3.8) is 0 Å². The third-order valence-electron chi connectivity index (χ3n) is 3.60. The molecule has 0 unspecified atom stereocenters. The van der Waals surface area contributed by atoms with Gasteiger partial charge in [-0.15, -0.1) is 0 Å². The third-order valence-corrected chi connectivity index (χ3v) is 3.60. The Morgan fingerprint density at radius 1 is 0.923 bits per heavy atom. The SMILES string of the molecule is CCOc1ccccc1OCC(=O)OCC(=O)NCc1ccccc1C. The molecule has 0 aromatic heterocycles. The second-order valence-corrected chi connectivity index (χ2v) is 5.53. The minimum atomic E-state index is -0.623. The van der Waals surface area contributed by atoms with Gasteiger partial charge in [0, 0.05) is 6.54 Å². The van der Waals surface area contributed by atoms with E-state index in [1.54, 1.807) is 18.2 Å². The first-order valence-corrected chi connectivity index (χ1v) is 8.41. The number of carbonyl (C=O) groups excluding carboxylic acids is 2. The molecule has 0 aliphatic carbocycles. The molecule has 1 amide bonds. The molecule has 6 nitrogen and oxygen atoms in total. The fraction of sp³-hybridized carbons (Fsp3) is 0.300. The zero-order chi connectivity index (χ0) is 18.8. The number of rotatable bonds is 9. The van der Waals surface area contributed by atoms with E-state index in [2.05, 4.69) is 5.32 Å². The van der Waals surface area contributed by atoms with Crippen LogP contribution in [-0.4, -0.2) is 31.7 Å². The van der Waals surface area contributed by atoms with Crippen molar-refractivity contribution in [1.82, 2.24) is 5.32 Å². The lowest BCUT2D eigenvalue weighted by molar-refractivity contribution is -0.150. The van der Waals surface area contributed by atoms with Crippen LogP contribution in [0.2, 0.25) is 0 Å². The van der Waals surface area contributed by atoms with Gasteiger partial charge in [-0.1, -0.05) is 36.4 Å². The molecule has 0 fully saturated rings. The van der Waals surface area contributed by atoms with Crippen molar-refractivity contribution in [3.05, 3.63) is 59.7 Å². The molecule has 0 saturated carbocycles. The minimum Gasteiger partial charge on any atom is -0.490 e. The molecule has 6 heteroatoms. The normalized spacial score (nSPS) is 10.1. The topological polar surface area (TPSA) is 73.9 Å². The molecule has 1 N–H and O–H groups in total. The minimum absolute atomic E-state index is 0.296. The Balaban J connectivity index is 1.71. The fourth-order valence-corrected chi connectivity index (χ4v) is 2.22. The van der Waals surface area contributed by atoms with E-state index in [-0.39, 0.29) is 19.1 Å². The number of ether oxygens (including phenoxy) is 3. The number of hydrogen-bond donors (Lipinski definition) is 1. The van der Waals surface area contributed by atoms with Crippen molar-refractivity contribution < 1.29 is 23.8 Å². The smallest absolute Gasteiger partial charge is 0.344 e. The Bertz CT molecular complexity index is 744. The first-order valence-electron chi connectivity index (χ1n) is 8.41. The molecule has 26 heavy (non-hydrogen) atoms. The summed E-state index contributed by atoms with van der Waals surface area (Å²) in [7, 11) is 0. The largest absolute Gasteiger partial charge is 0.490 e. The van der Waals surface area contributed by atoms with Crippen LogP contribution in [0.4, 0.5) is 0 Å². The molecule has 2 aromatic carbocycles. The summed E-state index contributed by atoms with van der Waals surface area (Å²) in [5.74, 6) is 0.0211. The molecule has 0 bridgehead atoms. The lowest BCUT2D eigenvalue weighted by atomic mass is 10.1. The maximum atomic E-state index is 11.8. The van der Waals surface area contributed by atoms with Gasteiger partial charge in [-0.25, -0.2) is 4.79 Å². The Kier molecular flexibility index (Phi) is 7.49. The van der Waals surface area contributed by atoms with Crippen LogP contribution in [0.25, 0.3) is 0 Å². The highest BCUT2D eigenvalue weighted by atomic mass is 16.6. The van der Waals surface area contributed by atoms with Crippen molar-refractivity contribution in [2.45, 2.75) is 20.4 Å². The Morgan fingerprint density at radius 2 is 1.58 bits per heavy atom. The summed E-state index contributed by atoms with van der Waals surface area (Å²) in [6, 6.07) is 14.8. The number of esters is 1. The second-order valence-electron chi connectivity index (χ2n) is 5.53. The van der Waals surface area contributed by atoms with E-state index in [0.29, 0.717) is 24.7 Å². The summed E-state index contributed by atoms with van der Waals surface area (Å²) < 4.78 is 15.7. The highest BCUT2D eigenvalue weighted by Gasteiger charge is 2.11. The van der Waals surface area contributed by atoms with Gasteiger partial charge in [0.15, 0.2) is 24.7 Å². The van der Waals surface area contributed by atoms with Crippen LogP contribution in [0.5, 0.6) is 11.5 Å². The van der Waals surface area contributed by atoms with Crippen LogP contribution in [0.3, 0.4) is 0 Å². The van der Waals surface area contributed by atoms with E-state index in [0.717, 1.165) is 11.1 Å². The van der Waals surface area contributed by atoms with E-state index in [9.17, 15) is 9.59 Å². The second kappa shape index (κ2) is 10.1. The van der Waals surface area contributed by atoms with Gasteiger partial charge in [0.25, 0.3) is 5.91 Å². The van der Waals surface area contributed by atoms with Crippen molar-refractivity contribution in [3.8, 4) is 11.5 Å². The molecular formula is C20H23NO5. The first kappa shape index (κ1) is 19.3. The molecule has 0 heterocycles. The summed E-state index contributed by atoms with van der Waals surface area (Å²) in [6.07, 6.45) is 0. The average molecular weight is 357 g/mol. The standard InChI is InChI=1S/C20H23NO5/c1-3-24-17-10-6-7-11-18(17)25-14-20(23)26-13-19(22)21-12-16-9-5-4-8-15(16)2/h4-11H,3,12-14H2,1-2H3,(H,21,22). The van der Waals surface area contributed by atoms with Gasteiger partial charge in [-0.05, 0) is 37.1 Å². The predicted molar refractivity (Wildman–Crippen MR) is 97.1 cm³/mol. The summed E-state index contributed by atoms with van der Waals surface area (Å²) in [5.41, 5.74) is 2.11. The van der Waals surface area contributed by atoms with Crippen LogP contribution in [-0.2, 0) is 20.9 Å². The number of hydrogen-bond acceptors (Lipinski definition) is 5. The molecule has 138 valence electrons. The van der Waals surface area contributed by atoms with E-state index < -0.39 is 5.97 Å². The highest BCUT2D eigenvalue weighted by molar-refractivity contribution is 5.80. The molecule has 0 radical (unpaired) electrons. The van der Waals surface area contributed by atoms with Crippen molar-refractivity contribution >= 4 is 11.9 Å². The van der Waals surface area contributed by atoms with E-state index in [4.69, 9.17) is 14.2 Å². The molecule has 0 aliphatic rings. The molecule has 0 atom stereocenters. The number of aryl methyl sites for hydroxylation is 1. The molecule has 2 rings (SSSR count). The maximum absolute atomic E-state index is 11.8. The molecule has 0 saturated heterocycles. The number of carbonyl (C=O) groups is 2. The molecule has 2 aromatic rings. The predicted octanol–water partition coefficient (Wildman–Crippen LogP) is 2.63. The maximum Gasteiger partial charge on any atom is 0.344 e. The van der Waals surface area contributed by atoms with Crippen LogP contribution in [0.1, 0.15) is 18.1 Å². The fourth-order valence-electron chi connectivity index (χ4n) is 2.22. The van der Waals surface area contributed by atoms with Crippen molar-refractivity contribution in [2.75, 3.05) is 19.8 Å². The van der Waals surface area contributed by atoms with Gasteiger partial charge in [-0.3, -0.25) is 4.79 Å². The van der Waals surface area contributed by atoms with Gasteiger partial charge in [-0.2, -0.15) is 0 Å². The summed E-state index contributed by atoms with van der Waals surface area (Å²) >= 11 is 0. The van der Waals surface area contributed by atoms with E-state index >= 15 is 0 Å². The van der Waals surface area contributed by atoms with Crippen LogP contribution >= 0.6 is 0 Å². The number of nitrogens with one attached hydrogen (secondary N) is 1. The number of benzene rings is 2. The van der Waals surface area contributed by atoms with Crippen LogP contribution in [0.15, 0.2) is 48.5 Å². The van der Waals surface area contributed by atoms with E-state index in [1.807, 2.05) is 44.2 Å². The van der Waals surface area contributed by atoms with E-state index in [1.165, 1.54) is 0 Å². The summed E-state index contributed by atoms with van der Waals surface area (Å²) in [5, 5.41) is 2.72. The third kappa shape index (κ3) is 6.12. The van der Waals surface area contributed by atoms with Gasteiger partial charge in [0.2, 0.25) is 0 Å². The van der Waals surface area contributed by atoms with Crippen molar-refractivity contribution in [1.29, 1.82) is 0 Å². The highest BCUT2D eigenvalue weighted by Crippen LogP contribution is 2.26.